The Morgan fingerprint density at radius 1 is 1.54 bits per heavy atom. The van der Waals surface area contributed by atoms with Crippen LogP contribution in [0.15, 0.2) is 11.2 Å². The smallest absolute Gasteiger partial charge is 0.0723 e. The first-order valence-corrected chi connectivity index (χ1v) is 4.34. The van der Waals surface area contributed by atoms with Crippen molar-refractivity contribution in [3.63, 3.8) is 0 Å². The van der Waals surface area contributed by atoms with Gasteiger partial charge < -0.3 is 0 Å². The third-order valence-electron chi connectivity index (χ3n) is 1.92. The first-order valence-electron chi connectivity index (χ1n) is 4.34. The van der Waals surface area contributed by atoms with Crippen LogP contribution in [0.4, 0.5) is 0 Å². The Morgan fingerprint density at radius 3 is 2.77 bits per heavy atom. The Bertz CT molecular complexity index is 321. The molecule has 0 radical (unpaired) electrons. The second-order valence-corrected chi connectivity index (χ2v) is 3.30. The van der Waals surface area contributed by atoms with Crippen molar-refractivity contribution in [3.8, 4) is 0 Å². The molecule has 70 valence electrons. The number of rotatable bonds is 3. The van der Waals surface area contributed by atoms with E-state index in [0.29, 0.717) is 5.92 Å². The van der Waals surface area contributed by atoms with Gasteiger partial charge >= 0.3 is 0 Å². The van der Waals surface area contributed by atoms with Gasteiger partial charge in [-0.25, -0.2) is 0 Å². The van der Waals surface area contributed by atoms with Crippen molar-refractivity contribution >= 4 is 12.8 Å². The van der Waals surface area contributed by atoms with Crippen molar-refractivity contribution in [2.45, 2.75) is 26.7 Å². The molecule has 0 bridgehead atoms. The highest BCUT2D eigenvalue weighted by atomic mass is 15.1. The molecule has 0 amide bonds. The van der Waals surface area contributed by atoms with E-state index in [1.54, 1.807) is 6.20 Å². The van der Waals surface area contributed by atoms with Gasteiger partial charge in [0.15, 0.2) is 0 Å². The highest BCUT2D eigenvalue weighted by molar-refractivity contribution is 5.55. The number of nitrogens with one attached hydrogen (secondary N) is 1. The summed E-state index contributed by atoms with van der Waals surface area (Å²) in [6.07, 6.45) is 3.62. The lowest BCUT2D eigenvalue weighted by Crippen LogP contribution is -1.90. The van der Waals surface area contributed by atoms with Crippen molar-refractivity contribution in [2.75, 3.05) is 0 Å². The molecule has 0 saturated heterocycles. The average Bonchev–Trinajstić information content (AvgIpc) is 2.43. The lowest BCUT2D eigenvalue weighted by atomic mass is 10.0. The van der Waals surface area contributed by atoms with Gasteiger partial charge in [-0.1, -0.05) is 13.8 Å². The molecule has 0 unspecified atom stereocenters. The SMILES string of the molecule is C=N/C=C\c1c(C(C)C)n[nH]c1C. The van der Waals surface area contributed by atoms with Gasteiger partial charge in [-0.3, -0.25) is 10.1 Å². The van der Waals surface area contributed by atoms with E-state index >= 15 is 0 Å². The van der Waals surface area contributed by atoms with Gasteiger partial charge in [0.1, 0.15) is 0 Å². The van der Waals surface area contributed by atoms with Crippen molar-refractivity contribution in [1.82, 2.24) is 10.2 Å². The van der Waals surface area contributed by atoms with E-state index in [-0.39, 0.29) is 0 Å². The summed E-state index contributed by atoms with van der Waals surface area (Å²) in [6, 6.07) is 0. The highest BCUT2D eigenvalue weighted by Crippen LogP contribution is 2.20. The summed E-state index contributed by atoms with van der Waals surface area (Å²) >= 11 is 0. The van der Waals surface area contributed by atoms with Crippen LogP contribution in [-0.4, -0.2) is 16.9 Å². The summed E-state index contributed by atoms with van der Waals surface area (Å²) in [4.78, 5) is 3.68. The summed E-state index contributed by atoms with van der Waals surface area (Å²) in [7, 11) is 0. The second-order valence-electron chi connectivity index (χ2n) is 3.30. The molecule has 3 heteroatoms. The molecule has 0 aliphatic heterocycles. The summed E-state index contributed by atoms with van der Waals surface area (Å²) in [6.45, 7) is 9.64. The molecule has 1 aromatic heterocycles. The third-order valence-corrected chi connectivity index (χ3v) is 1.92. The van der Waals surface area contributed by atoms with E-state index in [9.17, 15) is 0 Å². The van der Waals surface area contributed by atoms with Crippen LogP contribution < -0.4 is 0 Å². The molecule has 1 rings (SSSR count). The number of aliphatic imine (C=N–C) groups is 1. The average molecular weight is 177 g/mol. The molecule has 0 atom stereocenters. The van der Waals surface area contributed by atoms with Gasteiger partial charge in [0.05, 0.1) is 5.69 Å². The summed E-state index contributed by atoms with van der Waals surface area (Å²) in [5.41, 5.74) is 3.28. The number of nitrogens with zero attached hydrogens (tertiary/aromatic N) is 2. The molecule has 3 nitrogen and oxygen atoms in total. The fourth-order valence-corrected chi connectivity index (χ4v) is 1.23. The largest absolute Gasteiger partial charge is 0.282 e. The zero-order valence-corrected chi connectivity index (χ0v) is 8.33. The minimum absolute atomic E-state index is 0.425. The number of aryl methyl sites for hydroxylation is 1. The van der Waals surface area contributed by atoms with Gasteiger partial charge in [0.2, 0.25) is 0 Å². The Labute approximate surface area is 78.6 Å². The third kappa shape index (κ3) is 2.05. The topological polar surface area (TPSA) is 41.0 Å². The maximum atomic E-state index is 4.23. The highest BCUT2D eigenvalue weighted by Gasteiger charge is 2.10. The summed E-state index contributed by atoms with van der Waals surface area (Å²) < 4.78 is 0. The van der Waals surface area contributed by atoms with E-state index in [1.165, 1.54) is 0 Å². The number of hydrogen-bond donors (Lipinski definition) is 1. The molecule has 1 N–H and O–H groups in total. The predicted octanol–water partition coefficient (Wildman–Crippen LogP) is 2.51. The van der Waals surface area contributed by atoms with Crippen LogP contribution >= 0.6 is 0 Å². The number of aromatic nitrogens is 2. The van der Waals surface area contributed by atoms with Crippen LogP contribution in [0.3, 0.4) is 0 Å². The maximum Gasteiger partial charge on any atom is 0.0723 e. The molecular formula is C10H15N3. The Morgan fingerprint density at radius 2 is 2.23 bits per heavy atom. The van der Waals surface area contributed by atoms with Crippen molar-refractivity contribution < 1.29 is 0 Å². The fourth-order valence-electron chi connectivity index (χ4n) is 1.23. The fraction of sp³-hybridized carbons (Fsp3) is 0.400. The van der Waals surface area contributed by atoms with Crippen LogP contribution in [0, 0.1) is 6.92 Å². The minimum Gasteiger partial charge on any atom is -0.282 e. The molecule has 13 heavy (non-hydrogen) atoms. The van der Waals surface area contributed by atoms with Gasteiger partial charge in [0.25, 0.3) is 0 Å². The molecule has 1 heterocycles. The number of aromatic amines is 1. The zero-order chi connectivity index (χ0) is 9.84. The molecule has 0 saturated carbocycles. The zero-order valence-electron chi connectivity index (χ0n) is 8.33. The molecule has 0 aliphatic rings. The Kier molecular flexibility index (Phi) is 3.01. The lowest BCUT2D eigenvalue weighted by molar-refractivity contribution is 0.808. The van der Waals surface area contributed by atoms with Crippen LogP contribution in [-0.2, 0) is 0 Å². The second kappa shape index (κ2) is 4.03. The van der Waals surface area contributed by atoms with Crippen molar-refractivity contribution in [2.24, 2.45) is 4.99 Å². The van der Waals surface area contributed by atoms with E-state index in [0.717, 1.165) is 17.0 Å². The van der Waals surface area contributed by atoms with Crippen LogP contribution in [0.5, 0.6) is 0 Å². The number of hydrogen-bond acceptors (Lipinski definition) is 2. The van der Waals surface area contributed by atoms with Gasteiger partial charge in [-0.2, -0.15) is 5.10 Å². The first-order chi connectivity index (χ1) is 6.16. The van der Waals surface area contributed by atoms with E-state index < -0.39 is 0 Å². The monoisotopic (exact) mass is 177 g/mol. The van der Waals surface area contributed by atoms with Crippen LogP contribution in [0.1, 0.15) is 36.7 Å². The number of H-pyrrole nitrogens is 1. The quantitative estimate of drug-likeness (QED) is 0.708. The maximum absolute atomic E-state index is 4.23. The molecule has 0 aliphatic carbocycles. The first kappa shape index (κ1) is 9.71. The summed E-state index contributed by atoms with van der Waals surface area (Å²) in [5, 5.41) is 7.19. The molecule has 1 aromatic rings. The summed E-state index contributed by atoms with van der Waals surface area (Å²) in [5.74, 6) is 0.425. The molecule has 0 fully saturated rings. The van der Waals surface area contributed by atoms with Gasteiger partial charge in [-0.05, 0) is 25.6 Å². The van der Waals surface area contributed by atoms with E-state index in [4.69, 9.17) is 0 Å². The molecule has 0 spiro atoms. The van der Waals surface area contributed by atoms with Gasteiger partial charge in [-0.15, -0.1) is 0 Å². The Balaban J connectivity index is 3.08. The standard InChI is InChI=1S/C10H15N3/c1-7(2)10-9(5-6-11-4)8(3)12-13-10/h5-7H,4H2,1-3H3,(H,12,13)/b6-5-. The van der Waals surface area contributed by atoms with E-state index in [2.05, 4.69) is 35.8 Å². The van der Waals surface area contributed by atoms with Crippen molar-refractivity contribution in [1.29, 1.82) is 0 Å². The van der Waals surface area contributed by atoms with E-state index in [1.807, 2.05) is 13.0 Å². The van der Waals surface area contributed by atoms with Crippen molar-refractivity contribution in [3.05, 3.63) is 23.2 Å². The van der Waals surface area contributed by atoms with Gasteiger partial charge in [0, 0.05) is 17.5 Å². The predicted molar refractivity (Wildman–Crippen MR) is 56.0 cm³/mol. The lowest BCUT2D eigenvalue weighted by Gasteiger charge is -2.00. The molecular weight excluding hydrogens is 162 g/mol. The molecule has 0 aromatic carbocycles. The van der Waals surface area contributed by atoms with Crippen LogP contribution in [0.2, 0.25) is 0 Å². The normalized spacial score (nSPS) is 11.4. The van der Waals surface area contributed by atoms with Crippen LogP contribution in [0.25, 0.3) is 6.08 Å². The minimum atomic E-state index is 0.425. The Hall–Kier alpha value is -1.38.